The van der Waals surface area contributed by atoms with E-state index in [1.807, 2.05) is 0 Å². The summed E-state index contributed by atoms with van der Waals surface area (Å²) in [6.45, 7) is -1.48. The lowest BCUT2D eigenvalue weighted by Crippen LogP contribution is -2.49. The molecule has 0 aliphatic rings. The Morgan fingerprint density at radius 3 is 1.24 bits per heavy atom. The Hall–Kier alpha value is -0.560. The molecule has 168 valence electrons. The van der Waals surface area contributed by atoms with Gasteiger partial charge in [-0.3, -0.25) is 19.2 Å². The molecule has 29 heavy (non-hydrogen) atoms. The molecule has 0 aliphatic heterocycles. The molecular formula is C17H28O8S4. The van der Waals surface area contributed by atoms with Gasteiger partial charge in [0.1, 0.15) is 26.4 Å². The highest BCUT2D eigenvalue weighted by molar-refractivity contribution is 7.80. The van der Waals surface area contributed by atoms with Crippen LogP contribution in [-0.4, -0.2) is 78.7 Å². The van der Waals surface area contributed by atoms with Crippen molar-refractivity contribution in [2.24, 2.45) is 0 Å². The van der Waals surface area contributed by atoms with Crippen molar-refractivity contribution in [3.05, 3.63) is 0 Å². The maximum absolute atomic E-state index is 11.9. The lowest BCUT2D eigenvalue weighted by molar-refractivity contribution is -0.187. The van der Waals surface area contributed by atoms with E-state index in [0.717, 1.165) is 0 Å². The zero-order valence-electron chi connectivity index (χ0n) is 16.0. The highest BCUT2D eigenvalue weighted by atomic mass is 32.1. The molecule has 0 aromatic heterocycles. The molecule has 12 heteroatoms. The SMILES string of the molecule is O=C(CCS)COC(COC(=O)CCS)(COC(=O)CCS)COC(=O)CCS. The van der Waals surface area contributed by atoms with Crippen molar-refractivity contribution in [2.75, 3.05) is 49.4 Å². The average Bonchev–Trinajstić information content (AvgIpc) is 2.68. The molecule has 0 saturated heterocycles. The maximum atomic E-state index is 11.9. The van der Waals surface area contributed by atoms with Crippen LogP contribution in [0.1, 0.15) is 25.7 Å². The van der Waals surface area contributed by atoms with Crippen LogP contribution in [0.25, 0.3) is 0 Å². The Morgan fingerprint density at radius 1 is 0.586 bits per heavy atom. The molecule has 0 aliphatic carbocycles. The number of ether oxygens (including phenoxy) is 4. The zero-order valence-corrected chi connectivity index (χ0v) is 19.6. The summed E-state index contributed by atoms with van der Waals surface area (Å²) >= 11 is 15.9. The molecule has 0 aromatic rings. The number of rotatable bonds is 17. The fourth-order valence-corrected chi connectivity index (χ4v) is 2.60. The first-order chi connectivity index (χ1) is 13.8. The monoisotopic (exact) mass is 488 g/mol. The van der Waals surface area contributed by atoms with Gasteiger partial charge in [0.15, 0.2) is 11.4 Å². The standard InChI is InChI=1S/C17H28O8S4/c18-13(1-5-26)9-25-17(10-22-14(19)2-6-27,11-23-15(20)3-7-28)12-24-16(21)4-8-29/h26-29H,1-12H2. The number of ketones is 1. The quantitative estimate of drug-likeness (QED) is 0.138. The van der Waals surface area contributed by atoms with E-state index in [4.69, 9.17) is 18.9 Å². The molecular weight excluding hydrogens is 460 g/mol. The number of Topliss-reactive ketones (excluding diaryl/α,β-unsaturated/α-hetero) is 1. The molecule has 0 amide bonds. The molecule has 0 aromatic carbocycles. The van der Waals surface area contributed by atoms with Gasteiger partial charge in [0.05, 0.1) is 19.3 Å². The van der Waals surface area contributed by atoms with E-state index in [0.29, 0.717) is 5.75 Å². The normalized spacial score (nSPS) is 11.0. The highest BCUT2D eigenvalue weighted by Gasteiger charge is 2.37. The predicted molar refractivity (Wildman–Crippen MR) is 120 cm³/mol. The van der Waals surface area contributed by atoms with Crippen LogP contribution in [0.4, 0.5) is 0 Å². The first kappa shape index (κ1) is 28.4. The van der Waals surface area contributed by atoms with Crippen molar-refractivity contribution in [1.82, 2.24) is 0 Å². The predicted octanol–water partition coefficient (Wildman–Crippen LogP) is 1.22. The Bertz CT molecular complexity index is 436. The molecule has 0 spiro atoms. The molecule has 8 nitrogen and oxygen atoms in total. The zero-order chi connectivity index (χ0) is 22.1. The van der Waals surface area contributed by atoms with Gasteiger partial charge in [-0.25, -0.2) is 0 Å². The van der Waals surface area contributed by atoms with Crippen LogP contribution >= 0.6 is 50.5 Å². The Balaban J connectivity index is 5.35. The summed E-state index contributed by atoms with van der Waals surface area (Å²) in [7, 11) is 0. The Kier molecular flexibility index (Phi) is 16.8. The van der Waals surface area contributed by atoms with E-state index >= 15 is 0 Å². The molecule has 0 N–H and O–H groups in total. The van der Waals surface area contributed by atoms with E-state index < -0.39 is 23.5 Å². The lowest BCUT2D eigenvalue weighted by Gasteiger charge is -2.32. The third-order valence-electron chi connectivity index (χ3n) is 3.37. The van der Waals surface area contributed by atoms with Crippen LogP contribution in [0.15, 0.2) is 0 Å². The van der Waals surface area contributed by atoms with Crippen LogP contribution in [0.5, 0.6) is 0 Å². The summed E-state index contributed by atoms with van der Waals surface area (Å²) in [5.74, 6) is -0.758. The van der Waals surface area contributed by atoms with Crippen molar-refractivity contribution in [3.63, 3.8) is 0 Å². The number of thiol groups is 4. The van der Waals surface area contributed by atoms with Gasteiger partial charge in [0, 0.05) is 23.7 Å². The van der Waals surface area contributed by atoms with Crippen LogP contribution in [0.2, 0.25) is 0 Å². The Labute approximate surface area is 192 Å². The van der Waals surface area contributed by atoms with E-state index in [2.05, 4.69) is 50.5 Å². The number of esters is 3. The summed E-state index contributed by atoms with van der Waals surface area (Å²) in [4.78, 5) is 47.2. The average molecular weight is 489 g/mol. The van der Waals surface area contributed by atoms with Crippen LogP contribution in [-0.2, 0) is 38.1 Å². The van der Waals surface area contributed by atoms with Crippen molar-refractivity contribution < 1.29 is 38.1 Å². The number of carbonyl (C=O) groups excluding carboxylic acids is 4. The number of hydrogen-bond acceptors (Lipinski definition) is 12. The topological polar surface area (TPSA) is 105 Å². The molecule has 0 rings (SSSR count). The first-order valence-electron chi connectivity index (χ1n) is 8.88. The van der Waals surface area contributed by atoms with Crippen molar-refractivity contribution in [3.8, 4) is 0 Å². The largest absolute Gasteiger partial charge is 0.462 e. The minimum absolute atomic E-state index is 0.0522. The van der Waals surface area contributed by atoms with Crippen molar-refractivity contribution >= 4 is 74.2 Å². The van der Waals surface area contributed by atoms with E-state index in [1.165, 1.54) is 0 Å². The minimum Gasteiger partial charge on any atom is -0.462 e. The lowest BCUT2D eigenvalue weighted by atomic mass is 10.1. The van der Waals surface area contributed by atoms with E-state index in [-0.39, 0.29) is 75.2 Å². The highest BCUT2D eigenvalue weighted by Crippen LogP contribution is 2.17. The summed E-state index contributed by atoms with van der Waals surface area (Å²) in [6, 6.07) is 0. The first-order valence-corrected chi connectivity index (χ1v) is 11.4. The Morgan fingerprint density at radius 2 is 0.931 bits per heavy atom. The van der Waals surface area contributed by atoms with Gasteiger partial charge in [-0.15, -0.1) is 0 Å². The fourth-order valence-electron chi connectivity index (χ4n) is 1.81. The summed E-state index contributed by atoms with van der Waals surface area (Å²) in [5, 5.41) is 0. The van der Waals surface area contributed by atoms with Crippen molar-refractivity contribution in [1.29, 1.82) is 0 Å². The van der Waals surface area contributed by atoms with Gasteiger partial charge < -0.3 is 18.9 Å². The molecule has 0 unspecified atom stereocenters. The fraction of sp³-hybridized carbons (Fsp3) is 0.765. The second-order valence-electron chi connectivity index (χ2n) is 5.89. The van der Waals surface area contributed by atoms with Crippen LogP contribution in [0.3, 0.4) is 0 Å². The number of carbonyl (C=O) groups is 4. The molecule has 0 heterocycles. The molecule has 0 radical (unpaired) electrons. The third-order valence-corrected chi connectivity index (χ3v) is 4.26. The number of hydrogen-bond donors (Lipinski definition) is 4. The van der Waals surface area contributed by atoms with Gasteiger partial charge in [0.25, 0.3) is 0 Å². The molecule has 0 atom stereocenters. The van der Waals surface area contributed by atoms with Crippen LogP contribution < -0.4 is 0 Å². The summed E-state index contributed by atoms with van der Waals surface area (Å²) in [6.07, 6.45) is 0.321. The minimum atomic E-state index is -1.53. The van der Waals surface area contributed by atoms with Gasteiger partial charge in [-0.05, 0) is 5.75 Å². The van der Waals surface area contributed by atoms with Crippen molar-refractivity contribution in [2.45, 2.75) is 31.3 Å². The van der Waals surface area contributed by atoms with E-state index in [9.17, 15) is 19.2 Å². The van der Waals surface area contributed by atoms with Gasteiger partial charge in [-0.1, -0.05) is 0 Å². The maximum Gasteiger partial charge on any atom is 0.306 e. The van der Waals surface area contributed by atoms with E-state index in [1.54, 1.807) is 0 Å². The molecule has 0 fully saturated rings. The molecule has 0 saturated carbocycles. The summed E-state index contributed by atoms with van der Waals surface area (Å²) in [5.41, 5.74) is -1.53. The van der Waals surface area contributed by atoms with Gasteiger partial charge in [-0.2, -0.15) is 50.5 Å². The second-order valence-corrected chi connectivity index (χ2v) is 7.68. The molecule has 0 bridgehead atoms. The van der Waals surface area contributed by atoms with Gasteiger partial charge in [0.2, 0.25) is 0 Å². The third kappa shape index (κ3) is 14.1. The smallest absolute Gasteiger partial charge is 0.306 e. The summed E-state index contributed by atoms with van der Waals surface area (Å²) < 4.78 is 21.2. The van der Waals surface area contributed by atoms with Gasteiger partial charge >= 0.3 is 17.9 Å². The van der Waals surface area contributed by atoms with Crippen LogP contribution in [0, 0.1) is 0 Å². The second kappa shape index (κ2) is 17.2.